The van der Waals surface area contributed by atoms with Gasteiger partial charge in [0.15, 0.2) is 0 Å². The Bertz CT molecular complexity index is 838. The van der Waals surface area contributed by atoms with Crippen molar-refractivity contribution in [1.82, 2.24) is 5.32 Å². The fraction of sp³-hybridized carbons (Fsp3) is 0.548. The van der Waals surface area contributed by atoms with Gasteiger partial charge in [0, 0.05) is 5.56 Å². The molecule has 3 unspecified atom stereocenters. The normalized spacial score (nSPS) is 22.0. The van der Waals surface area contributed by atoms with Crippen molar-refractivity contribution in [2.24, 2.45) is 11.8 Å². The van der Waals surface area contributed by atoms with Crippen LogP contribution < -0.4 is 5.32 Å². The monoisotopic (exact) mass is 431 g/mol. The van der Waals surface area contributed by atoms with E-state index in [2.05, 4.69) is 67.7 Å². The molecule has 0 saturated heterocycles. The summed E-state index contributed by atoms with van der Waals surface area (Å²) in [6.45, 7) is 11.5. The lowest BCUT2D eigenvalue weighted by atomic mass is 9.73. The standard InChI is InChI=1S/C27H33N.2C2H6/c1-4-22-9-12-25(26-14-19(2)13-21(16-26)18-28-3)17-27(22)15-20-5-7-23(8-6-20)24-10-11-24;2*1-2/h1,5-9,12,17,19,21,24,26,28H,10-11,13-16,18H2,2-3H3;2*1-2H3. The van der Waals surface area contributed by atoms with E-state index in [1.54, 1.807) is 0 Å². The van der Waals surface area contributed by atoms with Crippen molar-refractivity contribution in [3.63, 3.8) is 0 Å². The highest BCUT2D eigenvalue weighted by atomic mass is 14.8. The summed E-state index contributed by atoms with van der Waals surface area (Å²) in [7, 11) is 2.07. The van der Waals surface area contributed by atoms with E-state index in [1.165, 1.54) is 54.4 Å². The Morgan fingerprint density at radius 3 is 2.12 bits per heavy atom. The molecule has 0 heterocycles. The minimum absolute atomic E-state index is 0.657. The van der Waals surface area contributed by atoms with Gasteiger partial charge in [0.2, 0.25) is 0 Å². The van der Waals surface area contributed by atoms with Crippen LogP contribution in [-0.4, -0.2) is 13.6 Å². The molecule has 2 aliphatic rings. The number of terminal acetylenes is 1. The highest BCUT2D eigenvalue weighted by Gasteiger charge is 2.27. The van der Waals surface area contributed by atoms with E-state index in [1.807, 2.05) is 27.7 Å². The lowest BCUT2D eigenvalue weighted by Crippen LogP contribution is -2.27. The third-order valence-electron chi connectivity index (χ3n) is 6.71. The van der Waals surface area contributed by atoms with Gasteiger partial charge < -0.3 is 5.32 Å². The third kappa shape index (κ3) is 7.25. The third-order valence-corrected chi connectivity index (χ3v) is 6.71. The van der Waals surface area contributed by atoms with E-state index in [0.717, 1.165) is 36.3 Å². The smallest absolute Gasteiger partial charge is 0.0278 e. The summed E-state index contributed by atoms with van der Waals surface area (Å²) >= 11 is 0. The van der Waals surface area contributed by atoms with Crippen molar-refractivity contribution in [2.75, 3.05) is 13.6 Å². The second kappa shape index (κ2) is 13.5. The molecule has 2 aliphatic carbocycles. The lowest BCUT2D eigenvalue weighted by molar-refractivity contribution is 0.249. The Morgan fingerprint density at radius 2 is 1.53 bits per heavy atom. The molecule has 0 amide bonds. The largest absolute Gasteiger partial charge is 0.319 e. The van der Waals surface area contributed by atoms with Crippen molar-refractivity contribution in [3.05, 3.63) is 70.3 Å². The maximum absolute atomic E-state index is 5.83. The van der Waals surface area contributed by atoms with Crippen molar-refractivity contribution < 1.29 is 0 Å². The summed E-state index contributed by atoms with van der Waals surface area (Å²) in [5.41, 5.74) is 6.70. The number of nitrogens with one attached hydrogen (secondary N) is 1. The van der Waals surface area contributed by atoms with Crippen LogP contribution in [0.4, 0.5) is 0 Å². The summed E-state index contributed by atoms with van der Waals surface area (Å²) in [6.07, 6.45) is 13.4. The summed E-state index contributed by atoms with van der Waals surface area (Å²) in [5, 5.41) is 3.38. The highest BCUT2D eigenvalue weighted by Crippen LogP contribution is 2.41. The van der Waals surface area contributed by atoms with Gasteiger partial charge in [0.1, 0.15) is 0 Å². The first-order valence-electron chi connectivity index (χ1n) is 13.0. The Balaban J connectivity index is 0.000000860. The van der Waals surface area contributed by atoms with Crippen LogP contribution in [0, 0.1) is 24.2 Å². The quantitative estimate of drug-likeness (QED) is 0.458. The van der Waals surface area contributed by atoms with E-state index < -0.39 is 0 Å². The van der Waals surface area contributed by atoms with Gasteiger partial charge in [-0.2, -0.15) is 0 Å². The van der Waals surface area contributed by atoms with Crippen LogP contribution in [0.1, 0.15) is 106 Å². The second-order valence-electron chi connectivity index (χ2n) is 9.19. The molecule has 0 spiro atoms. The summed E-state index contributed by atoms with van der Waals surface area (Å²) in [4.78, 5) is 0. The predicted octanol–water partition coefficient (Wildman–Crippen LogP) is 7.93. The summed E-state index contributed by atoms with van der Waals surface area (Å²) in [5.74, 6) is 5.96. The van der Waals surface area contributed by atoms with Crippen LogP contribution >= 0.6 is 0 Å². The SMILES string of the molecule is C#Cc1ccc(C2CC(C)CC(CNC)C2)cc1Cc1ccc(C2CC2)cc1.CC.CC. The predicted molar refractivity (Wildman–Crippen MR) is 141 cm³/mol. The molecule has 2 saturated carbocycles. The molecule has 4 rings (SSSR count). The lowest BCUT2D eigenvalue weighted by Gasteiger charge is -2.34. The van der Waals surface area contributed by atoms with Gasteiger partial charge >= 0.3 is 0 Å². The molecule has 2 aromatic carbocycles. The van der Waals surface area contributed by atoms with Crippen molar-refractivity contribution in [1.29, 1.82) is 0 Å². The molecular formula is C31H45N. The van der Waals surface area contributed by atoms with E-state index in [9.17, 15) is 0 Å². The zero-order valence-corrected chi connectivity index (χ0v) is 21.4. The molecule has 1 N–H and O–H groups in total. The molecule has 32 heavy (non-hydrogen) atoms. The maximum atomic E-state index is 5.83. The number of hydrogen-bond donors (Lipinski definition) is 1. The average molecular weight is 432 g/mol. The van der Waals surface area contributed by atoms with Crippen LogP contribution in [0.15, 0.2) is 42.5 Å². The van der Waals surface area contributed by atoms with Crippen LogP contribution in [0.5, 0.6) is 0 Å². The minimum atomic E-state index is 0.657. The van der Waals surface area contributed by atoms with E-state index in [-0.39, 0.29) is 0 Å². The van der Waals surface area contributed by atoms with Crippen molar-refractivity contribution in [3.8, 4) is 12.3 Å². The summed E-state index contributed by atoms with van der Waals surface area (Å²) < 4.78 is 0. The van der Waals surface area contributed by atoms with Gasteiger partial charge in [-0.15, -0.1) is 6.42 Å². The van der Waals surface area contributed by atoms with Crippen LogP contribution in [0.2, 0.25) is 0 Å². The van der Waals surface area contributed by atoms with Crippen LogP contribution in [0.3, 0.4) is 0 Å². The van der Waals surface area contributed by atoms with Crippen molar-refractivity contribution >= 4 is 0 Å². The first-order chi connectivity index (χ1) is 15.7. The van der Waals surface area contributed by atoms with E-state index >= 15 is 0 Å². The number of benzene rings is 2. The zero-order valence-electron chi connectivity index (χ0n) is 21.4. The molecule has 3 atom stereocenters. The summed E-state index contributed by atoms with van der Waals surface area (Å²) in [6, 6.07) is 16.1. The van der Waals surface area contributed by atoms with E-state index in [0.29, 0.717) is 5.92 Å². The molecule has 1 nitrogen and oxygen atoms in total. The fourth-order valence-corrected chi connectivity index (χ4v) is 5.17. The molecule has 0 bridgehead atoms. The van der Waals surface area contributed by atoms with Crippen LogP contribution in [0.25, 0.3) is 0 Å². The van der Waals surface area contributed by atoms with Gasteiger partial charge in [-0.25, -0.2) is 0 Å². The fourth-order valence-electron chi connectivity index (χ4n) is 5.17. The highest BCUT2D eigenvalue weighted by molar-refractivity contribution is 5.46. The first-order valence-corrected chi connectivity index (χ1v) is 13.0. The Morgan fingerprint density at radius 1 is 0.875 bits per heavy atom. The molecule has 0 aliphatic heterocycles. The molecule has 0 aromatic heterocycles. The molecule has 1 heteroatoms. The first kappa shape index (κ1) is 26.2. The van der Waals surface area contributed by atoms with Crippen LogP contribution in [-0.2, 0) is 6.42 Å². The number of rotatable bonds is 6. The molecule has 0 radical (unpaired) electrons. The molecule has 2 aromatic rings. The number of hydrogen-bond acceptors (Lipinski definition) is 1. The van der Waals surface area contributed by atoms with Gasteiger partial charge in [-0.05, 0) is 104 Å². The van der Waals surface area contributed by atoms with Crippen molar-refractivity contribution in [2.45, 2.75) is 85.0 Å². The Kier molecular flexibility index (Phi) is 11.1. The second-order valence-corrected chi connectivity index (χ2v) is 9.19. The topological polar surface area (TPSA) is 12.0 Å². The maximum Gasteiger partial charge on any atom is 0.0278 e. The van der Waals surface area contributed by atoms with E-state index in [4.69, 9.17) is 6.42 Å². The molecule has 174 valence electrons. The molecular weight excluding hydrogens is 386 g/mol. The molecule has 2 fully saturated rings. The minimum Gasteiger partial charge on any atom is -0.319 e. The van der Waals surface area contributed by atoms with Gasteiger partial charge in [-0.3, -0.25) is 0 Å². The Labute approximate surface area is 198 Å². The van der Waals surface area contributed by atoms with Gasteiger partial charge in [-0.1, -0.05) is 76.9 Å². The van der Waals surface area contributed by atoms with Gasteiger partial charge in [0.05, 0.1) is 0 Å². The Hall–Kier alpha value is -2.04. The average Bonchev–Trinajstić information content (AvgIpc) is 3.68. The van der Waals surface area contributed by atoms with Gasteiger partial charge in [0.25, 0.3) is 0 Å². The zero-order chi connectivity index (χ0) is 23.5.